The molecule has 2 N–H and O–H groups in total. The molecule has 3 heteroatoms. The van der Waals surface area contributed by atoms with Crippen LogP contribution in [-0.2, 0) is 0 Å². The Labute approximate surface area is 60.2 Å². The van der Waals surface area contributed by atoms with Crippen molar-refractivity contribution in [2.75, 3.05) is 0 Å². The Bertz CT molecular complexity index is 140. The molecule has 2 bridgehead atoms. The van der Waals surface area contributed by atoms with Gasteiger partial charge in [-0.05, 0) is 25.7 Å². The number of piperidine rings is 1. The van der Waals surface area contributed by atoms with E-state index in [1.807, 2.05) is 0 Å². The van der Waals surface area contributed by atoms with Crippen molar-refractivity contribution in [2.24, 2.45) is 0 Å². The highest BCUT2D eigenvalue weighted by molar-refractivity contribution is 4.92. The summed E-state index contributed by atoms with van der Waals surface area (Å²) in [4.78, 5) is 0. The Hall–Kier alpha value is -0.120. The lowest BCUT2D eigenvalue weighted by atomic mass is 10.0. The zero-order valence-electron chi connectivity index (χ0n) is 5.90. The van der Waals surface area contributed by atoms with Gasteiger partial charge in [-0.2, -0.15) is 5.06 Å². The molecule has 2 fully saturated rings. The molecule has 10 heavy (non-hydrogen) atoms. The minimum Gasteiger partial charge on any atom is -0.391 e. The number of aliphatic hydroxyl groups is 1. The molecule has 0 aromatic heterocycles. The van der Waals surface area contributed by atoms with Crippen molar-refractivity contribution in [1.82, 2.24) is 5.06 Å². The molecule has 2 rings (SSSR count). The van der Waals surface area contributed by atoms with E-state index >= 15 is 0 Å². The van der Waals surface area contributed by atoms with E-state index in [9.17, 15) is 10.3 Å². The minimum absolute atomic E-state index is 0.0405. The van der Waals surface area contributed by atoms with Crippen LogP contribution in [0.15, 0.2) is 0 Å². The molecule has 58 valence electrons. The molecule has 0 saturated carbocycles. The summed E-state index contributed by atoms with van der Waals surface area (Å²) in [5.74, 6) is 0. The van der Waals surface area contributed by atoms with E-state index in [4.69, 9.17) is 0 Å². The van der Waals surface area contributed by atoms with E-state index in [0.29, 0.717) is 6.04 Å². The van der Waals surface area contributed by atoms with Crippen molar-refractivity contribution in [3.05, 3.63) is 0 Å². The SMILES string of the molecule is OC1CCC2CCC1N2O. The van der Waals surface area contributed by atoms with Gasteiger partial charge < -0.3 is 10.3 Å². The third kappa shape index (κ3) is 0.779. The molecule has 2 aliphatic heterocycles. The standard InChI is InChI=1S/C7H13NO2/c9-7-4-2-5-1-3-6(7)8(5)10/h5-7,9-10H,1-4H2. The lowest BCUT2D eigenvalue weighted by Crippen LogP contribution is -2.45. The van der Waals surface area contributed by atoms with E-state index in [0.717, 1.165) is 25.7 Å². The van der Waals surface area contributed by atoms with Gasteiger partial charge in [-0.25, -0.2) is 0 Å². The van der Waals surface area contributed by atoms with E-state index in [2.05, 4.69) is 0 Å². The highest BCUT2D eigenvalue weighted by Gasteiger charge is 2.40. The molecule has 2 heterocycles. The third-order valence-electron chi connectivity index (χ3n) is 2.75. The highest BCUT2D eigenvalue weighted by Crippen LogP contribution is 2.33. The van der Waals surface area contributed by atoms with Gasteiger partial charge in [-0.3, -0.25) is 0 Å². The molecule has 0 aromatic rings. The lowest BCUT2D eigenvalue weighted by molar-refractivity contribution is -0.178. The molecule has 2 saturated heterocycles. The van der Waals surface area contributed by atoms with Crippen molar-refractivity contribution in [3.8, 4) is 0 Å². The van der Waals surface area contributed by atoms with Gasteiger partial charge >= 0.3 is 0 Å². The fourth-order valence-electron chi connectivity index (χ4n) is 2.10. The lowest BCUT2D eigenvalue weighted by Gasteiger charge is -2.32. The van der Waals surface area contributed by atoms with Gasteiger partial charge in [0, 0.05) is 6.04 Å². The molecule has 0 amide bonds. The maximum Gasteiger partial charge on any atom is 0.0719 e. The number of aliphatic hydroxyl groups excluding tert-OH is 1. The molecule has 0 aliphatic carbocycles. The number of nitrogens with zero attached hydrogens (tertiary/aromatic N) is 1. The monoisotopic (exact) mass is 143 g/mol. The fraction of sp³-hybridized carbons (Fsp3) is 1.00. The zero-order chi connectivity index (χ0) is 7.14. The summed E-state index contributed by atoms with van der Waals surface area (Å²) in [6, 6.07) is 0.382. The Morgan fingerprint density at radius 1 is 1.10 bits per heavy atom. The molecule has 0 spiro atoms. The molecule has 3 atom stereocenters. The number of hydrogen-bond acceptors (Lipinski definition) is 3. The van der Waals surface area contributed by atoms with Crippen LogP contribution in [0, 0.1) is 0 Å². The topological polar surface area (TPSA) is 43.7 Å². The first-order chi connectivity index (χ1) is 4.79. The summed E-state index contributed by atoms with van der Waals surface area (Å²) in [5.41, 5.74) is 0. The molecule has 0 aromatic carbocycles. The van der Waals surface area contributed by atoms with Gasteiger partial charge in [-0.15, -0.1) is 0 Å². The maximum absolute atomic E-state index is 9.36. The molecule has 3 nitrogen and oxygen atoms in total. The van der Waals surface area contributed by atoms with E-state index in [1.165, 1.54) is 5.06 Å². The average Bonchev–Trinajstić information content (AvgIpc) is 2.13. The Kier molecular flexibility index (Phi) is 1.44. The Morgan fingerprint density at radius 3 is 2.50 bits per heavy atom. The smallest absolute Gasteiger partial charge is 0.0719 e. The number of hydroxylamine groups is 2. The molecule has 3 unspecified atom stereocenters. The second-order valence-corrected chi connectivity index (χ2v) is 3.32. The van der Waals surface area contributed by atoms with Gasteiger partial charge in [0.1, 0.15) is 0 Å². The summed E-state index contributed by atoms with van der Waals surface area (Å²) in [7, 11) is 0. The van der Waals surface area contributed by atoms with Crippen molar-refractivity contribution in [3.63, 3.8) is 0 Å². The number of fused-ring (bicyclic) bond motifs is 2. The molecular weight excluding hydrogens is 130 g/mol. The zero-order valence-corrected chi connectivity index (χ0v) is 5.90. The quantitative estimate of drug-likeness (QED) is 0.514. The van der Waals surface area contributed by atoms with Crippen LogP contribution in [0.5, 0.6) is 0 Å². The normalized spacial score (nSPS) is 48.0. The van der Waals surface area contributed by atoms with E-state index in [-0.39, 0.29) is 12.1 Å². The first-order valence-electron chi connectivity index (χ1n) is 3.94. The second-order valence-electron chi connectivity index (χ2n) is 3.32. The predicted octanol–water partition coefficient (Wildman–Crippen LogP) is 0.363. The van der Waals surface area contributed by atoms with Crippen molar-refractivity contribution in [1.29, 1.82) is 0 Å². The van der Waals surface area contributed by atoms with E-state index in [1.54, 1.807) is 0 Å². The summed E-state index contributed by atoms with van der Waals surface area (Å²) >= 11 is 0. The van der Waals surface area contributed by atoms with Gasteiger partial charge in [0.05, 0.1) is 12.1 Å². The van der Waals surface area contributed by atoms with Crippen LogP contribution in [0.3, 0.4) is 0 Å². The number of rotatable bonds is 0. The Morgan fingerprint density at radius 2 is 1.80 bits per heavy atom. The van der Waals surface area contributed by atoms with Crippen LogP contribution in [0.4, 0.5) is 0 Å². The Balaban J connectivity index is 2.13. The highest BCUT2D eigenvalue weighted by atomic mass is 16.5. The van der Waals surface area contributed by atoms with Crippen LogP contribution in [-0.4, -0.2) is 33.6 Å². The summed E-state index contributed by atoms with van der Waals surface area (Å²) in [5, 5.41) is 20.1. The summed E-state index contributed by atoms with van der Waals surface area (Å²) in [6.45, 7) is 0. The van der Waals surface area contributed by atoms with Crippen LogP contribution in [0.2, 0.25) is 0 Å². The van der Waals surface area contributed by atoms with Gasteiger partial charge in [0.2, 0.25) is 0 Å². The van der Waals surface area contributed by atoms with Crippen LogP contribution >= 0.6 is 0 Å². The largest absolute Gasteiger partial charge is 0.391 e. The van der Waals surface area contributed by atoms with Gasteiger partial charge in [-0.1, -0.05) is 0 Å². The van der Waals surface area contributed by atoms with Crippen LogP contribution in [0.1, 0.15) is 25.7 Å². The van der Waals surface area contributed by atoms with Crippen molar-refractivity contribution >= 4 is 0 Å². The predicted molar refractivity (Wildman–Crippen MR) is 35.7 cm³/mol. The average molecular weight is 143 g/mol. The molecular formula is C7H13NO2. The fourth-order valence-corrected chi connectivity index (χ4v) is 2.10. The van der Waals surface area contributed by atoms with Crippen LogP contribution in [0.25, 0.3) is 0 Å². The van der Waals surface area contributed by atoms with Gasteiger partial charge in [0.25, 0.3) is 0 Å². The van der Waals surface area contributed by atoms with Gasteiger partial charge in [0.15, 0.2) is 0 Å². The van der Waals surface area contributed by atoms with Crippen molar-refractivity contribution < 1.29 is 10.3 Å². The van der Waals surface area contributed by atoms with Crippen LogP contribution < -0.4 is 0 Å². The summed E-state index contributed by atoms with van der Waals surface area (Å²) < 4.78 is 0. The molecule has 2 aliphatic rings. The van der Waals surface area contributed by atoms with E-state index < -0.39 is 0 Å². The second kappa shape index (κ2) is 2.19. The third-order valence-corrected chi connectivity index (χ3v) is 2.75. The van der Waals surface area contributed by atoms with Crippen molar-refractivity contribution in [2.45, 2.75) is 43.9 Å². The minimum atomic E-state index is -0.288. The first-order valence-corrected chi connectivity index (χ1v) is 3.94. The molecule has 0 radical (unpaired) electrons. The summed E-state index contributed by atoms with van der Waals surface area (Å²) in [6.07, 6.45) is 3.55. The maximum atomic E-state index is 9.36. The first kappa shape index (κ1) is 6.58. The number of hydrogen-bond donors (Lipinski definition) is 2.